The topological polar surface area (TPSA) is 97.5 Å². The van der Waals surface area contributed by atoms with Gasteiger partial charge in [0, 0.05) is 11.6 Å². The molecule has 0 saturated heterocycles. The normalized spacial score (nSPS) is 11.6. The lowest BCUT2D eigenvalue weighted by molar-refractivity contribution is -0.139. The number of hydrogen-bond donors (Lipinski definition) is 2. The van der Waals surface area contributed by atoms with E-state index in [2.05, 4.69) is 10.2 Å². The van der Waals surface area contributed by atoms with Crippen LogP contribution in [-0.4, -0.2) is 37.8 Å². The fourth-order valence-corrected chi connectivity index (χ4v) is 2.53. The van der Waals surface area contributed by atoms with E-state index >= 15 is 0 Å². The van der Waals surface area contributed by atoms with Crippen LogP contribution < -0.4 is 4.74 Å². The van der Waals surface area contributed by atoms with Gasteiger partial charge in [-0.15, -0.1) is 15.0 Å². The van der Waals surface area contributed by atoms with Crippen LogP contribution in [0.5, 0.6) is 11.5 Å². The van der Waals surface area contributed by atoms with Crippen LogP contribution in [0.4, 0.5) is 0 Å². The molecule has 3 rings (SSSR count). The van der Waals surface area contributed by atoms with Crippen molar-refractivity contribution >= 4 is 17.0 Å². The summed E-state index contributed by atoms with van der Waals surface area (Å²) in [7, 11) is 0. The highest BCUT2D eigenvalue weighted by molar-refractivity contribution is 5.74. The Labute approximate surface area is 144 Å². The number of rotatable bonds is 4. The summed E-state index contributed by atoms with van der Waals surface area (Å²) in [6.45, 7) is 5.45. The molecule has 0 saturated carbocycles. The zero-order valence-corrected chi connectivity index (χ0v) is 14.2. The van der Waals surface area contributed by atoms with Crippen molar-refractivity contribution in [2.24, 2.45) is 0 Å². The molecule has 0 aliphatic carbocycles. The van der Waals surface area contributed by atoms with Crippen LogP contribution in [0.3, 0.4) is 0 Å². The van der Waals surface area contributed by atoms with Gasteiger partial charge in [-0.25, -0.2) is 4.79 Å². The average Bonchev–Trinajstić information content (AvgIpc) is 2.95. The first-order valence-corrected chi connectivity index (χ1v) is 7.80. The molecule has 0 amide bonds. The summed E-state index contributed by atoms with van der Waals surface area (Å²) >= 11 is 0. The number of carbonyl (C=O) groups is 1. The fraction of sp³-hybridized carbons (Fsp3) is 0.278. The predicted octanol–water partition coefficient (Wildman–Crippen LogP) is 2.89. The maximum Gasteiger partial charge on any atom is 0.341 e. The summed E-state index contributed by atoms with van der Waals surface area (Å²) in [5.41, 5.74) is 2.26. The number of ether oxygens (including phenoxy) is 1. The molecule has 7 nitrogen and oxygen atoms in total. The molecule has 0 aliphatic rings. The van der Waals surface area contributed by atoms with E-state index in [0.717, 1.165) is 5.56 Å². The monoisotopic (exact) mass is 341 g/mol. The molecule has 0 atom stereocenters. The number of phenolic OH excluding ortho intramolecular Hbond substituents is 1. The SMILES string of the molecule is CC(C)(C)c1cc(-n2nc3ccccc3n2)c(O)cc1OCC(=O)O. The Bertz CT molecular complexity index is 908. The van der Waals surface area contributed by atoms with E-state index in [4.69, 9.17) is 9.84 Å². The van der Waals surface area contributed by atoms with Gasteiger partial charge in [0.05, 0.1) is 0 Å². The molecule has 0 fully saturated rings. The quantitative estimate of drug-likeness (QED) is 0.757. The zero-order valence-electron chi connectivity index (χ0n) is 14.2. The molecule has 3 aromatic rings. The van der Waals surface area contributed by atoms with Crippen molar-refractivity contribution in [2.75, 3.05) is 6.61 Å². The molecular formula is C18H19N3O4. The second-order valence-electron chi connectivity index (χ2n) is 6.75. The van der Waals surface area contributed by atoms with Crippen molar-refractivity contribution in [3.8, 4) is 17.2 Å². The van der Waals surface area contributed by atoms with Gasteiger partial charge in [-0.1, -0.05) is 32.9 Å². The number of nitrogens with zero attached hydrogens (tertiary/aromatic N) is 3. The van der Waals surface area contributed by atoms with Gasteiger partial charge in [0.2, 0.25) is 0 Å². The summed E-state index contributed by atoms with van der Waals surface area (Å²) in [4.78, 5) is 12.2. The Hall–Kier alpha value is -3.09. The van der Waals surface area contributed by atoms with E-state index in [1.807, 2.05) is 45.0 Å². The van der Waals surface area contributed by atoms with E-state index in [1.165, 1.54) is 10.9 Å². The first-order valence-electron chi connectivity index (χ1n) is 7.80. The number of carboxylic acids is 1. The zero-order chi connectivity index (χ0) is 18.2. The van der Waals surface area contributed by atoms with Gasteiger partial charge < -0.3 is 14.9 Å². The third-order valence-corrected chi connectivity index (χ3v) is 3.74. The van der Waals surface area contributed by atoms with Crippen molar-refractivity contribution in [1.82, 2.24) is 15.0 Å². The largest absolute Gasteiger partial charge is 0.505 e. The van der Waals surface area contributed by atoms with Crippen LogP contribution in [0.1, 0.15) is 26.3 Å². The highest BCUT2D eigenvalue weighted by atomic mass is 16.5. The third kappa shape index (κ3) is 3.40. The maximum atomic E-state index is 10.8. The smallest absolute Gasteiger partial charge is 0.341 e. The van der Waals surface area contributed by atoms with Gasteiger partial charge in [0.15, 0.2) is 6.61 Å². The van der Waals surface area contributed by atoms with Crippen molar-refractivity contribution in [1.29, 1.82) is 0 Å². The molecule has 0 unspecified atom stereocenters. The summed E-state index contributed by atoms with van der Waals surface area (Å²) in [6.07, 6.45) is 0. The van der Waals surface area contributed by atoms with Crippen molar-refractivity contribution in [3.63, 3.8) is 0 Å². The lowest BCUT2D eigenvalue weighted by atomic mass is 9.86. The molecule has 2 N–H and O–H groups in total. The number of fused-ring (bicyclic) bond motifs is 1. The minimum atomic E-state index is -1.08. The summed E-state index contributed by atoms with van der Waals surface area (Å²) in [6, 6.07) is 10.5. The third-order valence-electron chi connectivity index (χ3n) is 3.74. The Kier molecular flexibility index (Phi) is 4.08. The second kappa shape index (κ2) is 6.08. The molecule has 0 bridgehead atoms. The number of benzene rings is 2. The molecule has 0 aliphatic heterocycles. The Balaban J connectivity index is 2.12. The fourth-order valence-electron chi connectivity index (χ4n) is 2.53. The molecule has 7 heteroatoms. The molecule has 25 heavy (non-hydrogen) atoms. The molecule has 0 radical (unpaired) electrons. The minimum Gasteiger partial charge on any atom is -0.505 e. The first kappa shape index (κ1) is 16.8. The molecule has 1 heterocycles. The van der Waals surface area contributed by atoms with Crippen molar-refractivity contribution < 1.29 is 19.7 Å². The van der Waals surface area contributed by atoms with Gasteiger partial charge in [-0.2, -0.15) is 0 Å². The predicted molar refractivity (Wildman–Crippen MR) is 92.4 cm³/mol. The molecule has 2 aromatic carbocycles. The van der Waals surface area contributed by atoms with E-state index in [1.54, 1.807) is 6.07 Å². The molecular weight excluding hydrogens is 322 g/mol. The maximum absolute atomic E-state index is 10.8. The van der Waals surface area contributed by atoms with E-state index in [9.17, 15) is 9.90 Å². The summed E-state index contributed by atoms with van der Waals surface area (Å²) in [5, 5.41) is 28.0. The number of aromatic nitrogens is 3. The molecule has 130 valence electrons. The number of carboxylic acid groups (broad SMARTS) is 1. The highest BCUT2D eigenvalue weighted by Crippen LogP contribution is 2.37. The van der Waals surface area contributed by atoms with Gasteiger partial charge in [-0.05, 0) is 23.6 Å². The Morgan fingerprint density at radius 1 is 1.16 bits per heavy atom. The van der Waals surface area contributed by atoms with Crippen LogP contribution in [-0.2, 0) is 10.2 Å². The van der Waals surface area contributed by atoms with E-state index in [0.29, 0.717) is 22.5 Å². The minimum absolute atomic E-state index is 0.0892. The summed E-state index contributed by atoms with van der Waals surface area (Å²) < 4.78 is 5.35. The van der Waals surface area contributed by atoms with Crippen molar-refractivity contribution in [3.05, 3.63) is 42.0 Å². The lowest BCUT2D eigenvalue weighted by Gasteiger charge is -2.23. The van der Waals surface area contributed by atoms with Gasteiger partial charge in [0.1, 0.15) is 28.2 Å². The van der Waals surface area contributed by atoms with Crippen LogP contribution in [0, 0.1) is 0 Å². The number of hydrogen-bond acceptors (Lipinski definition) is 5. The van der Waals surface area contributed by atoms with Crippen LogP contribution in [0.2, 0.25) is 0 Å². The second-order valence-corrected chi connectivity index (χ2v) is 6.75. The van der Waals surface area contributed by atoms with Crippen LogP contribution in [0.25, 0.3) is 16.7 Å². The Morgan fingerprint density at radius 3 is 2.28 bits per heavy atom. The number of aromatic hydroxyl groups is 1. The van der Waals surface area contributed by atoms with Crippen LogP contribution in [0.15, 0.2) is 36.4 Å². The molecule has 1 aromatic heterocycles. The number of phenols is 1. The number of aliphatic carboxylic acids is 1. The van der Waals surface area contributed by atoms with Gasteiger partial charge in [0.25, 0.3) is 0 Å². The first-order chi connectivity index (χ1) is 11.8. The average molecular weight is 341 g/mol. The highest BCUT2D eigenvalue weighted by Gasteiger charge is 2.23. The standard InChI is InChI=1S/C18H19N3O4/c1-18(2,3)11-8-14(15(22)9-16(11)25-10-17(23)24)21-19-12-6-4-5-7-13(12)20-21/h4-9,22H,10H2,1-3H3,(H,23,24). The molecule has 0 spiro atoms. The summed E-state index contributed by atoms with van der Waals surface area (Å²) in [5.74, 6) is -0.843. The van der Waals surface area contributed by atoms with E-state index in [-0.39, 0.29) is 11.2 Å². The van der Waals surface area contributed by atoms with Gasteiger partial charge in [-0.3, -0.25) is 0 Å². The van der Waals surface area contributed by atoms with Gasteiger partial charge >= 0.3 is 5.97 Å². The lowest BCUT2D eigenvalue weighted by Crippen LogP contribution is -2.17. The van der Waals surface area contributed by atoms with Crippen molar-refractivity contribution in [2.45, 2.75) is 26.2 Å². The Morgan fingerprint density at radius 2 is 1.76 bits per heavy atom. The van der Waals surface area contributed by atoms with E-state index < -0.39 is 12.6 Å². The van der Waals surface area contributed by atoms with Crippen LogP contribution >= 0.6 is 0 Å².